The molecule has 0 aliphatic heterocycles. The standard InChI is InChI=1S/C14H14N4O3/c1-14(2,3)21-13(19)18-12-10(8-15)17-11(20-12)9-6-4-5-7-16-9/h4-7H,1-3H3,(H,18,19). The van der Waals surface area contributed by atoms with E-state index in [1.807, 2.05) is 6.07 Å². The Morgan fingerprint density at radius 1 is 1.43 bits per heavy atom. The van der Waals surface area contributed by atoms with Gasteiger partial charge in [0.1, 0.15) is 17.4 Å². The van der Waals surface area contributed by atoms with E-state index in [4.69, 9.17) is 14.4 Å². The molecule has 0 aliphatic carbocycles. The lowest BCUT2D eigenvalue weighted by Crippen LogP contribution is -2.27. The van der Waals surface area contributed by atoms with E-state index in [1.54, 1.807) is 45.2 Å². The summed E-state index contributed by atoms with van der Waals surface area (Å²) in [5.41, 5.74) is -0.228. The molecule has 1 amide bonds. The molecule has 2 heterocycles. The number of oxazole rings is 1. The van der Waals surface area contributed by atoms with Crippen molar-refractivity contribution in [3.8, 4) is 17.7 Å². The summed E-state index contributed by atoms with van der Waals surface area (Å²) in [7, 11) is 0. The zero-order valence-corrected chi connectivity index (χ0v) is 11.9. The first-order valence-corrected chi connectivity index (χ1v) is 6.21. The van der Waals surface area contributed by atoms with Crippen LogP contribution in [0.2, 0.25) is 0 Å². The van der Waals surface area contributed by atoms with Gasteiger partial charge in [-0.05, 0) is 32.9 Å². The number of hydrogen-bond donors (Lipinski definition) is 1. The van der Waals surface area contributed by atoms with Gasteiger partial charge in [0.05, 0.1) is 0 Å². The maximum absolute atomic E-state index is 11.7. The average molecular weight is 286 g/mol. The fraction of sp³-hybridized carbons (Fsp3) is 0.286. The number of hydrogen-bond acceptors (Lipinski definition) is 6. The summed E-state index contributed by atoms with van der Waals surface area (Å²) in [5.74, 6) is 0.0885. The van der Waals surface area contributed by atoms with E-state index in [-0.39, 0.29) is 17.5 Å². The molecule has 2 rings (SSSR count). The Bertz CT molecular complexity index is 680. The number of aromatic nitrogens is 2. The van der Waals surface area contributed by atoms with Crippen molar-refractivity contribution in [2.75, 3.05) is 5.32 Å². The summed E-state index contributed by atoms with van der Waals surface area (Å²) in [5, 5.41) is 11.4. The predicted molar refractivity (Wildman–Crippen MR) is 74.3 cm³/mol. The third-order valence-corrected chi connectivity index (χ3v) is 2.23. The molecular weight excluding hydrogens is 272 g/mol. The number of nitrogens with one attached hydrogen (secondary N) is 1. The van der Waals surface area contributed by atoms with E-state index < -0.39 is 11.7 Å². The fourth-order valence-corrected chi connectivity index (χ4v) is 1.48. The quantitative estimate of drug-likeness (QED) is 0.910. The smallest absolute Gasteiger partial charge is 0.414 e. The maximum Gasteiger partial charge on any atom is 0.414 e. The second kappa shape index (κ2) is 5.63. The predicted octanol–water partition coefficient (Wildman–Crippen LogP) is 2.96. The van der Waals surface area contributed by atoms with Crippen LogP contribution in [-0.4, -0.2) is 21.7 Å². The first-order valence-electron chi connectivity index (χ1n) is 6.21. The van der Waals surface area contributed by atoms with Crippen molar-refractivity contribution in [1.29, 1.82) is 5.26 Å². The van der Waals surface area contributed by atoms with Crippen molar-refractivity contribution in [1.82, 2.24) is 9.97 Å². The van der Waals surface area contributed by atoms with E-state index in [2.05, 4.69) is 15.3 Å². The molecule has 0 bridgehead atoms. The number of pyridine rings is 1. The van der Waals surface area contributed by atoms with Gasteiger partial charge in [0, 0.05) is 6.20 Å². The van der Waals surface area contributed by atoms with Crippen LogP contribution < -0.4 is 5.32 Å². The van der Waals surface area contributed by atoms with Crippen molar-refractivity contribution >= 4 is 12.0 Å². The second-order valence-electron chi connectivity index (χ2n) is 5.15. The number of anilines is 1. The van der Waals surface area contributed by atoms with Gasteiger partial charge in [-0.25, -0.2) is 4.79 Å². The highest BCUT2D eigenvalue weighted by Crippen LogP contribution is 2.24. The molecule has 0 spiro atoms. The third kappa shape index (κ3) is 3.79. The Labute approximate surface area is 121 Å². The largest absolute Gasteiger partial charge is 0.444 e. The summed E-state index contributed by atoms with van der Waals surface area (Å²) in [6.45, 7) is 5.20. The van der Waals surface area contributed by atoms with Crippen molar-refractivity contribution in [2.24, 2.45) is 0 Å². The minimum absolute atomic E-state index is 0.0403. The van der Waals surface area contributed by atoms with Crippen LogP contribution in [0.25, 0.3) is 11.6 Å². The van der Waals surface area contributed by atoms with Crippen LogP contribution in [0.3, 0.4) is 0 Å². The summed E-state index contributed by atoms with van der Waals surface area (Å²) >= 11 is 0. The van der Waals surface area contributed by atoms with E-state index >= 15 is 0 Å². The molecule has 0 saturated carbocycles. The van der Waals surface area contributed by atoms with Gasteiger partial charge in [0.15, 0.2) is 0 Å². The summed E-state index contributed by atoms with van der Waals surface area (Å²) in [4.78, 5) is 19.8. The molecule has 0 atom stereocenters. The fourth-order valence-electron chi connectivity index (χ4n) is 1.48. The second-order valence-corrected chi connectivity index (χ2v) is 5.15. The molecule has 7 nitrogen and oxygen atoms in total. The minimum Gasteiger partial charge on any atom is -0.444 e. The van der Waals surface area contributed by atoms with Gasteiger partial charge in [-0.15, -0.1) is 0 Å². The Morgan fingerprint density at radius 2 is 2.19 bits per heavy atom. The highest BCUT2D eigenvalue weighted by molar-refractivity contribution is 5.84. The summed E-state index contributed by atoms with van der Waals surface area (Å²) in [6, 6.07) is 7.05. The molecule has 0 aliphatic rings. The molecule has 0 fully saturated rings. The van der Waals surface area contributed by atoms with E-state index in [1.165, 1.54) is 0 Å². The number of carbonyl (C=O) groups is 1. The SMILES string of the molecule is CC(C)(C)OC(=O)Nc1oc(-c2ccccn2)nc1C#N. The van der Waals surface area contributed by atoms with Crippen LogP contribution in [0.5, 0.6) is 0 Å². The van der Waals surface area contributed by atoms with Gasteiger partial charge in [0.25, 0.3) is 0 Å². The lowest BCUT2D eigenvalue weighted by Gasteiger charge is -2.18. The number of amides is 1. The Hall–Kier alpha value is -2.88. The number of rotatable bonds is 2. The van der Waals surface area contributed by atoms with Gasteiger partial charge in [-0.1, -0.05) is 6.07 Å². The zero-order valence-electron chi connectivity index (χ0n) is 11.9. The summed E-state index contributed by atoms with van der Waals surface area (Å²) < 4.78 is 10.5. The summed E-state index contributed by atoms with van der Waals surface area (Å²) in [6.07, 6.45) is 0.856. The highest BCUT2D eigenvalue weighted by Gasteiger charge is 2.21. The van der Waals surface area contributed by atoms with Gasteiger partial charge in [-0.2, -0.15) is 10.2 Å². The number of nitrogens with zero attached hydrogens (tertiary/aromatic N) is 3. The van der Waals surface area contributed by atoms with Gasteiger partial charge in [-0.3, -0.25) is 10.3 Å². The van der Waals surface area contributed by atoms with Gasteiger partial charge < -0.3 is 9.15 Å². The molecular formula is C14H14N4O3. The molecule has 1 N–H and O–H groups in total. The highest BCUT2D eigenvalue weighted by atomic mass is 16.6. The normalized spacial score (nSPS) is 10.8. The van der Waals surface area contributed by atoms with Crippen LogP contribution in [-0.2, 0) is 4.74 Å². The van der Waals surface area contributed by atoms with Gasteiger partial charge in [0.2, 0.25) is 17.5 Å². The number of ether oxygens (including phenoxy) is 1. The number of carbonyl (C=O) groups excluding carboxylic acids is 1. The zero-order chi connectivity index (χ0) is 15.5. The molecule has 2 aromatic heterocycles. The lowest BCUT2D eigenvalue weighted by atomic mass is 10.2. The molecule has 7 heteroatoms. The average Bonchev–Trinajstić information content (AvgIpc) is 2.80. The van der Waals surface area contributed by atoms with E-state index in [0.29, 0.717) is 5.69 Å². The molecule has 0 unspecified atom stereocenters. The molecule has 2 aromatic rings. The van der Waals surface area contributed by atoms with Crippen LogP contribution >= 0.6 is 0 Å². The topological polar surface area (TPSA) is 101 Å². The van der Waals surface area contributed by atoms with Crippen LogP contribution in [0.4, 0.5) is 10.7 Å². The lowest BCUT2D eigenvalue weighted by molar-refractivity contribution is 0.0632. The van der Waals surface area contributed by atoms with Crippen molar-refractivity contribution in [3.63, 3.8) is 0 Å². The Morgan fingerprint density at radius 3 is 2.76 bits per heavy atom. The van der Waals surface area contributed by atoms with Crippen LogP contribution in [0.1, 0.15) is 26.5 Å². The molecule has 108 valence electrons. The van der Waals surface area contributed by atoms with E-state index in [0.717, 1.165) is 0 Å². The monoisotopic (exact) mass is 286 g/mol. The Balaban J connectivity index is 2.23. The minimum atomic E-state index is -0.720. The van der Waals surface area contributed by atoms with Crippen LogP contribution in [0, 0.1) is 11.3 Å². The van der Waals surface area contributed by atoms with Crippen molar-refractivity contribution < 1.29 is 13.9 Å². The Kier molecular flexibility index (Phi) is 3.89. The molecule has 0 radical (unpaired) electrons. The van der Waals surface area contributed by atoms with Crippen molar-refractivity contribution in [2.45, 2.75) is 26.4 Å². The molecule has 21 heavy (non-hydrogen) atoms. The van der Waals surface area contributed by atoms with Crippen LogP contribution in [0.15, 0.2) is 28.8 Å². The van der Waals surface area contributed by atoms with E-state index in [9.17, 15) is 4.79 Å². The number of nitriles is 1. The van der Waals surface area contributed by atoms with Gasteiger partial charge >= 0.3 is 6.09 Å². The first kappa shape index (κ1) is 14.5. The molecule has 0 saturated heterocycles. The first-order chi connectivity index (χ1) is 9.89. The van der Waals surface area contributed by atoms with Crippen molar-refractivity contribution in [3.05, 3.63) is 30.1 Å². The maximum atomic E-state index is 11.7. The third-order valence-electron chi connectivity index (χ3n) is 2.23. The molecule has 0 aromatic carbocycles.